The normalized spacial score (nSPS) is 16.8. The highest BCUT2D eigenvalue weighted by molar-refractivity contribution is 5.79. The standard InChI is InChI=1S/C21H37N5O/c1-4-26(20-9-6-5-7-10-20)12-8-11-23-21(22-3)24-17-19(2)18-25-13-15-27-16-14-25/h5-7,9-10,19H,4,8,11-18H2,1-3H3,(H2,22,23,24). The van der Waals surface area contributed by atoms with E-state index in [1.165, 1.54) is 5.69 Å². The number of rotatable bonds is 10. The van der Waals surface area contributed by atoms with E-state index in [-0.39, 0.29) is 0 Å². The zero-order valence-electron chi connectivity index (χ0n) is 17.3. The van der Waals surface area contributed by atoms with Crippen molar-refractivity contribution >= 4 is 11.6 Å². The Kier molecular flexibility index (Phi) is 10.0. The third-order valence-electron chi connectivity index (χ3n) is 4.92. The lowest BCUT2D eigenvalue weighted by atomic mass is 10.1. The van der Waals surface area contributed by atoms with Gasteiger partial charge in [0.1, 0.15) is 0 Å². The molecule has 6 nitrogen and oxygen atoms in total. The molecule has 0 saturated carbocycles. The Labute approximate surface area is 165 Å². The monoisotopic (exact) mass is 375 g/mol. The predicted octanol–water partition coefficient (Wildman–Crippen LogP) is 2.04. The number of ether oxygens (including phenoxy) is 1. The minimum atomic E-state index is 0.579. The lowest BCUT2D eigenvalue weighted by molar-refractivity contribution is 0.0320. The zero-order valence-corrected chi connectivity index (χ0v) is 17.3. The molecular weight excluding hydrogens is 338 g/mol. The fourth-order valence-electron chi connectivity index (χ4n) is 3.37. The van der Waals surface area contributed by atoms with Gasteiger partial charge in [0, 0.05) is 58.5 Å². The number of guanidine groups is 1. The largest absolute Gasteiger partial charge is 0.379 e. The van der Waals surface area contributed by atoms with Crippen molar-refractivity contribution < 1.29 is 4.74 Å². The van der Waals surface area contributed by atoms with E-state index in [1.807, 2.05) is 7.05 Å². The summed E-state index contributed by atoms with van der Waals surface area (Å²) in [5.41, 5.74) is 1.29. The second-order valence-electron chi connectivity index (χ2n) is 7.17. The van der Waals surface area contributed by atoms with Crippen molar-refractivity contribution in [1.82, 2.24) is 15.5 Å². The van der Waals surface area contributed by atoms with E-state index in [0.717, 1.165) is 71.4 Å². The van der Waals surface area contributed by atoms with Gasteiger partial charge in [0.2, 0.25) is 0 Å². The van der Waals surface area contributed by atoms with Gasteiger partial charge in [-0.15, -0.1) is 0 Å². The smallest absolute Gasteiger partial charge is 0.190 e. The van der Waals surface area contributed by atoms with Crippen molar-refractivity contribution in [2.45, 2.75) is 20.3 Å². The van der Waals surface area contributed by atoms with Gasteiger partial charge in [0.05, 0.1) is 13.2 Å². The third kappa shape index (κ3) is 8.18. The molecule has 1 aliphatic rings. The molecule has 0 aliphatic carbocycles. The molecule has 0 amide bonds. The molecule has 1 saturated heterocycles. The van der Waals surface area contributed by atoms with Crippen LogP contribution in [0.5, 0.6) is 0 Å². The average Bonchev–Trinajstić information content (AvgIpc) is 2.71. The van der Waals surface area contributed by atoms with E-state index in [0.29, 0.717) is 5.92 Å². The highest BCUT2D eigenvalue weighted by Gasteiger charge is 2.14. The summed E-state index contributed by atoms with van der Waals surface area (Å²) in [6.45, 7) is 13.3. The Balaban J connectivity index is 1.62. The molecule has 152 valence electrons. The van der Waals surface area contributed by atoms with Gasteiger partial charge in [-0.2, -0.15) is 0 Å². The molecule has 1 fully saturated rings. The minimum absolute atomic E-state index is 0.579. The molecule has 1 aromatic rings. The fourth-order valence-corrected chi connectivity index (χ4v) is 3.37. The average molecular weight is 376 g/mol. The highest BCUT2D eigenvalue weighted by Crippen LogP contribution is 2.12. The number of para-hydroxylation sites is 1. The summed E-state index contributed by atoms with van der Waals surface area (Å²) in [5, 5.41) is 6.90. The number of hydrogen-bond acceptors (Lipinski definition) is 4. The van der Waals surface area contributed by atoms with E-state index >= 15 is 0 Å². The molecule has 0 bridgehead atoms. The van der Waals surface area contributed by atoms with Gasteiger partial charge in [-0.05, 0) is 31.4 Å². The van der Waals surface area contributed by atoms with Crippen LogP contribution in [0.3, 0.4) is 0 Å². The summed E-state index contributed by atoms with van der Waals surface area (Å²) in [5.74, 6) is 1.47. The summed E-state index contributed by atoms with van der Waals surface area (Å²) in [7, 11) is 1.84. The predicted molar refractivity (Wildman–Crippen MR) is 115 cm³/mol. The van der Waals surface area contributed by atoms with Crippen LogP contribution < -0.4 is 15.5 Å². The van der Waals surface area contributed by atoms with Gasteiger partial charge in [0.15, 0.2) is 5.96 Å². The molecule has 1 aromatic carbocycles. The minimum Gasteiger partial charge on any atom is -0.379 e. The Morgan fingerprint density at radius 2 is 1.96 bits per heavy atom. The first-order valence-corrected chi connectivity index (χ1v) is 10.3. The summed E-state index contributed by atoms with van der Waals surface area (Å²) >= 11 is 0. The van der Waals surface area contributed by atoms with Gasteiger partial charge in [-0.25, -0.2) is 0 Å². The zero-order chi connectivity index (χ0) is 19.3. The fraction of sp³-hybridized carbons (Fsp3) is 0.667. The van der Waals surface area contributed by atoms with E-state index < -0.39 is 0 Å². The molecule has 1 heterocycles. The van der Waals surface area contributed by atoms with E-state index in [9.17, 15) is 0 Å². The van der Waals surface area contributed by atoms with Crippen LogP contribution in [0.1, 0.15) is 20.3 Å². The first kappa shape index (κ1) is 21.5. The quantitative estimate of drug-likeness (QED) is 0.372. The van der Waals surface area contributed by atoms with E-state index in [1.54, 1.807) is 0 Å². The van der Waals surface area contributed by atoms with E-state index in [4.69, 9.17) is 4.74 Å². The van der Waals surface area contributed by atoms with Crippen LogP contribution in [0.4, 0.5) is 5.69 Å². The van der Waals surface area contributed by atoms with Crippen LogP contribution in [0.25, 0.3) is 0 Å². The first-order chi connectivity index (χ1) is 13.2. The van der Waals surface area contributed by atoms with Crippen LogP contribution in [0.15, 0.2) is 35.3 Å². The van der Waals surface area contributed by atoms with Gasteiger partial charge in [-0.1, -0.05) is 25.1 Å². The van der Waals surface area contributed by atoms with Crippen LogP contribution in [0, 0.1) is 5.92 Å². The molecule has 0 aromatic heterocycles. The van der Waals surface area contributed by atoms with E-state index in [2.05, 4.69) is 69.6 Å². The Bertz CT molecular complexity index is 531. The molecule has 6 heteroatoms. The maximum absolute atomic E-state index is 5.41. The van der Waals surface area contributed by atoms with Crippen molar-refractivity contribution in [2.75, 3.05) is 71.0 Å². The lowest BCUT2D eigenvalue weighted by Crippen LogP contribution is -2.44. The topological polar surface area (TPSA) is 52.1 Å². The highest BCUT2D eigenvalue weighted by atomic mass is 16.5. The van der Waals surface area contributed by atoms with Crippen molar-refractivity contribution in [2.24, 2.45) is 10.9 Å². The number of aliphatic imine (C=N–C) groups is 1. The number of morpholine rings is 1. The summed E-state index contributed by atoms with van der Waals surface area (Å²) in [6.07, 6.45) is 1.08. The summed E-state index contributed by atoms with van der Waals surface area (Å²) in [4.78, 5) is 9.24. The first-order valence-electron chi connectivity index (χ1n) is 10.3. The number of nitrogens with zero attached hydrogens (tertiary/aromatic N) is 3. The van der Waals surface area contributed by atoms with Crippen molar-refractivity contribution in [3.63, 3.8) is 0 Å². The van der Waals surface area contributed by atoms with Gasteiger partial charge < -0.3 is 20.3 Å². The number of nitrogens with one attached hydrogen (secondary N) is 2. The van der Waals surface area contributed by atoms with Gasteiger partial charge >= 0.3 is 0 Å². The SMILES string of the molecule is CCN(CCCNC(=NC)NCC(C)CN1CCOCC1)c1ccccc1. The molecule has 1 atom stereocenters. The number of hydrogen-bond donors (Lipinski definition) is 2. The second-order valence-corrected chi connectivity index (χ2v) is 7.17. The Morgan fingerprint density at radius 1 is 1.22 bits per heavy atom. The van der Waals surface area contributed by atoms with Crippen LogP contribution >= 0.6 is 0 Å². The lowest BCUT2D eigenvalue weighted by Gasteiger charge is -2.29. The van der Waals surface area contributed by atoms with Crippen LogP contribution in [-0.2, 0) is 4.74 Å². The maximum atomic E-state index is 5.41. The number of benzene rings is 1. The van der Waals surface area contributed by atoms with Crippen molar-refractivity contribution in [1.29, 1.82) is 0 Å². The summed E-state index contributed by atoms with van der Waals surface area (Å²) in [6, 6.07) is 10.6. The van der Waals surface area contributed by atoms with Gasteiger partial charge in [0.25, 0.3) is 0 Å². The van der Waals surface area contributed by atoms with Crippen LogP contribution in [-0.4, -0.2) is 76.9 Å². The molecule has 0 radical (unpaired) electrons. The molecule has 0 spiro atoms. The maximum Gasteiger partial charge on any atom is 0.190 e. The molecule has 27 heavy (non-hydrogen) atoms. The summed E-state index contributed by atoms with van der Waals surface area (Å²) < 4.78 is 5.41. The second kappa shape index (κ2) is 12.6. The number of anilines is 1. The van der Waals surface area contributed by atoms with Crippen LogP contribution in [0.2, 0.25) is 0 Å². The molecule has 2 rings (SSSR count). The van der Waals surface area contributed by atoms with Gasteiger partial charge in [-0.3, -0.25) is 9.89 Å². The molecule has 1 aliphatic heterocycles. The molecular formula is C21H37N5O. The third-order valence-corrected chi connectivity index (χ3v) is 4.92. The van der Waals surface area contributed by atoms with Crippen molar-refractivity contribution in [3.05, 3.63) is 30.3 Å². The Hall–Kier alpha value is -1.79. The molecule has 1 unspecified atom stereocenters. The Morgan fingerprint density at radius 3 is 2.63 bits per heavy atom. The van der Waals surface area contributed by atoms with Crippen molar-refractivity contribution in [3.8, 4) is 0 Å². The molecule has 2 N–H and O–H groups in total.